The van der Waals surface area contributed by atoms with E-state index in [4.69, 9.17) is 9.73 Å². The number of nitrogens with one attached hydrogen (secondary N) is 2. The number of aliphatic imine (C=N–C) groups is 1. The summed E-state index contributed by atoms with van der Waals surface area (Å²) in [7, 11) is 0. The fourth-order valence-electron chi connectivity index (χ4n) is 5.50. The number of nitrogens with zero attached hydrogens (tertiary/aromatic N) is 4. The maximum absolute atomic E-state index is 12.8. The van der Waals surface area contributed by atoms with Crippen molar-refractivity contribution in [3.63, 3.8) is 0 Å². The first-order valence-electron chi connectivity index (χ1n) is 11.3. The van der Waals surface area contributed by atoms with E-state index in [9.17, 15) is 4.79 Å². The van der Waals surface area contributed by atoms with Gasteiger partial charge in [0, 0.05) is 51.0 Å². The maximum atomic E-state index is 12.8. The Kier molecular flexibility index (Phi) is 5.49. The minimum absolute atomic E-state index is 0.0279. The molecule has 2 amide bonds. The van der Waals surface area contributed by atoms with Crippen LogP contribution in [0.3, 0.4) is 0 Å². The van der Waals surface area contributed by atoms with Gasteiger partial charge in [0.05, 0.1) is 0 Å². The summed E-state index contributed by atoms with van der Waals surface area (Å²) in [6.07, 6.45) is 6.66. The molecule has 5 rings (SSSR count). The first-order chi connectivity index (χ1) is 14.2. The molecule has 0 aromatic carbocycles. The number of hydrogen-bond acceptors (Lipinski definition) is 6. The normalized spacial score (nSPS) is 32.2. The van der Waals surface area contributed by atoms with Gasteiger partial charge in [-0.15, -0.1) is 0 Å². The molecule has 0 aliphatic carbocycles. The SMILES string of the molecule is CC1CN(CC2CCNCC2)CC1C1=NC2=CN(C3CCOCC3)CN2C(=O)N1. The van der Waals surface area contributed by atoms with Crippen LogP contribution in [0.25, 0.3) is 0 Å². The highest BCUT2D eigenvalue weighted by Crippen LogP contribution is 2.30. The number of urea groups is 1. The zero-order valence-corrected chi connectivity index (χ0v) is 17.5. The molecule has 5 aliphatic rings. The molecule has 0 aromatic heterocycles. The molecular formula is C21H34N6O2. The molecule has 3 saturated heterocycles. The average molecular weight is 403 g/mol. The van der Waals surface area contributed by atoms with Crippen LogP contribution in [0.15, 0.2) is 17.0 Å². The predicted octanol–water partition coefficient (Wildman–Crippen LogP) is 1.23. The Hall–Kier alpha value is -1.64. The van der Waals surface area contributed by atoms with Gasteiger partial charge in [-0.2, -0.15) is 0 Å². The minimum atomic E-state index is -0.0279. The summed E-state index contributed by atoms with van der Waals surface area (Å²) in [5.41, 5.74) is 0. The molecule has 3 fully saturated rings. The van der Waals surface area contributed by atoms with Crippen molar-refractivity contribution < 1.29 is 9.53 Å². The van der Waals surface area contributed by atoms with Gasteiger partial charge in [0.2, 0.25) is 0 Å². The lowest BCUT2D eigenvalue weighted by Crippen LogP contribution is -2.50. The summed E-state index contributed by atoms with van der Waals surface area (Å²) in [5.74, 6) is 3.29. The minimum Gasteiger partial charge on any atom is -0.381 e. The third kappa shape index (κ3) is 4.02. The van der Waals surface area contributed by atoms with Crippen LogP contribution >= 0.6 is 0 Å². The number of fused-ring (bicyclic) bond motifs is 1. The van der Waals surface area contributed by atoms with Crippen LogP contribution in [0.1, 0.15) is 32.6 Å². The summed E-state index contributed by atoms with van der Waals surface area (Å²) in [4.78, 5) is 24.3. The summed E-state index contributed by atoms with van der Waals surface area (Å²) >= 11 is 0. The van der Waals surface area contributed by atoms with Crippen LogP contribution in [0.2, 0.25) is 0 Å². The largest absolute Gasteiger partial charge is 0.381 e. The smallest absolute Gasteiger partial charge is 0.329 e. The molecule has 160 valence electrons. The van der Waals surface area contributed by atoms with Gasteiger partial charge in [0.25, 0.3) is 0 Å². The van der Waals surface area contributed by atoms with E-state index in [-0.39, 0.29) is 6.03 Å². The Bertz CT molecular complexity index is 683. The van der Waals surface area contributed by atoms with Crippen molar-refractivity contribution in [1.29, 1.82) is 0 Å². The van der Waals surface area contributed by atoms with E-state index >= 15 is 0 Å². The van der Waals surface area contributed by atoms with Crippen molar-refractivity contribution in [2.24, 2.45) is 22.7 Å². The third-order valence-electron chi connectivity index (χ3n) is 7.25. The Labute approximate surface area is 173 Å². The predicted molar refractivity (Wildman–Crippen MR) is 111 cm³/mol. The first kappa shape index (κ1) is 19.3. The second-order valence-electron chi connectivity index (χ2n) is 9.34. The van der Waals surface area contributed by atoms with Crippen LogP contribution in [0, 0.1) is 17.8 Å². The van der Waals surface area contributed by atoms with Crippen molar-refractivity contribution in [2.75, 3.05) is 52.6 Å². The van der Waals surface area contributed by atoms with Crippen molar-refractivity contribution in [2.45, 2.75) is 38.6 Å². The molecule has 0 radical (unpaired) electrons. The maximum Gasteiger partial charge on any atom is 0.329 e. The molecular weight excluding hydrogens is 368 g/mol. The van der Waals surface area contributed by atoms with Crippen LogP contribution < -0.4 is 10.6 Å². The molecule has 0 spiro atoms. The van der Waals surface area contributed by atoms with Crippen molar-refractivity contribution in [3.05, 3.63) is 12.0 Å². The highest BCUT2D eigenvalue weighted by molar-refractivity contribution is 6.02. The topological polar surface area (TPSA) is 72.4 Å². The van der Waals surface area contributed by atoms with E-state index in [0.717, 1.165) is 69.8 Å². The summed E-state index contributed by atoms with van der Waals surface area (Å²) in [6, 6.07) is 0.416. The van der Waals surface area contributed by atoms with Crippen LogP contribution in [-0.4, -0.2) is 85.2 Å². The van der Waals surface area contributed by atoms with E-state index in [0.29, 0.717) is 24.5 Å². The molecule has 2 unspecified atom stereocenters. The van der Waals surface area contributed by atoms with Gasteiger partial charge in [-0.05, 0) is 50.6 Å². The Balaban J connectivity index is 1.26. The highest BCUT2D eigenvalue weighted by Gasteiger charge is 2.40. The van der Waals surface area contributed by atoms with Gasteiger partial charge >= 0.3 is 6.03 Å². The molecule has 2 N–H and O–H groups in total. The van der Waals surface area contributed by atoms with E-state index in [1.807, 2.05) is 0 Å². The van der Waals surface area contributed by atoms with Gasteiger partial charge in [-0.25, -0.2) is 9.79 Å². The standard InChI is InChI=1S/C21H34N6O2/c1-15-10-25(11-16-2-6-22-7-3-16)12-18(15)20-23-19-13-26(14-27(19)21(28)24-20)17-4-8-29-9-5-17/h13,15-18,22H,2-12,14H2,1H3,(H,23,24,28). The van der Waals surface area contributed by atoms with Crippen molar-refractivity contribution in [3.8, 4) is 0 Å². The molecule has 5 heterocycles. The Morgan fingerprint density at radius 1 is 1.17 bits per heavy atom. The number of likely N-dealkylation sites (tertiary alicyclic amines) is 1. The number of ether oxygens (including phenoxy) is 1. The molecule has 29 heavy (non-hydrogen) atoms. The highest BCUT2D eigenvalue weighted by atomic mass is 16.5. The van der Waals surface area contributed by atoms with E-state index < -0.39 is 0 Å². The lowest BCUT2D eigenvalue weighted by atomic mass is 9.96. The van der Waals surface area contributed by atoms with Gasteiger partial charge in [0.15, 0.2) is 5.82 Å². The number of rotatable bonds is 4. The van der Waals surface area contributed by atoms with Crippen LogP contribution in [-0.2, 0) is 4.74 Å². The Morgan fingerprint density at radius 3 is 2.76 bits per heavy atom. The lowest BCUT2D eigenvalue weighted by Gasteiger charge is -2.32. The lowest BCUT2D eigenvalue weighted by molar-refractivity contribution is 0.0459. The summed E-state index contributed by atoms with van der Waals surface area (Å²) in [6.45, 7) is 10.1. The molecule has 0 aromatic rings. The molecule has 5 aliphatic heterocycles. The van der Waals surface area contributed by atoms with E-state index in [1.54, 1.807) is 4.90 Å². The van der Waals surface area contributed by atoms with Gasteiger partial charge in [0.1, 0.15) is 12.5 Å². The van der Waals surface area contributed by atoms with E-state index in [1.165, 1.54) is 19.4 Å². The second kappa shape index (κ2) is 8.24. The molecule has 8 heteroatoms. The summed E-state index contributed by atoms with van der Waals surface area (Å²) in [5, 5.41) is 6.57. The zero-order chi connectivity index (χ0) is 19.8. The van der Waals surface area contributed by atoms with E-state index in [2.05, 4.69) is 33.6 Å². The zero-order valence-electron chi connectivity index (χ0n) is 17.5. The fraction of sp³-hybridized carbons (Fsp3) is 0.810. The Morgan fingerprint density at radius 2 is 1.97 bits per heavy atom. The number of carbonyl (C=O) groups excluding carboxylic acids is 1. The van der Waals surface area contributed by atoms with Crippen molar-refractivity contribution >= 4 is 11.9 Å². The average Bonchev–Trinajstić information content (AvgIpc) is 3.33. The number of amidine groups is 1. The van der Waals surface area contributed by atoms with Gasteiger partial charge in [-0.1, -0.05) is 6.92 Å². The number of carbonyl (C=O) groups is 1. The quantitative estimate of drug-likeness (QED) is 0.740. The van der Waals surface area contributed by atoms with Crippen LogP contribution in [0.4, 0.5) is 4.79 Å². The van der Waals surface area contributed by atoms with Crippen molar-refractivity contribution in [1.82, 2.24) is 25.3 Å². The molecule has 8 nitrogen and oxygen atoms in total. The van der Waals surface area contributed by atoms with Gasteiger partial charge in [-0.3, -0.25) is 10.2 Å². The number of piperidine rings is 1. The molecule has 2 atom stereocenters. The first-order valence-corrected chi connectivity index (χ1v) is 11.3. The number of amides is 2. The van der Waals surface area contributed by atoms with Crippen LogP contribution in [0.5, 0.6) is 0 Å². The second-order valence-corrected chi connectivity index (χ2v) is 9.34. The summed E-state index contributed by atoms with van der Waals surface area (Å²) < 4.78 is 5.48. The monoisotopic (exact) mass is 402 g/mol. The molecule has 0 saturated carbocycles. The van der Waals surface area contributed by atoms with Gasteiger partial charge < -0.3 is 19.9 Å². The third-order valence-corrected chi connectivity index (χ3v) is 7.25. The fourth-order valence-corrected chi connectivity index (χ4v) is 5.50. The number of hydrogen-bond donors (Lipinski definition) is 2. The molecule has 0 bridgehead atoms.